The molecule has 0 spiro atoms. The number of benzene rings is 1. The summed E-state index contributed by atoms with van der Waals surface area (Å²) in [6, 6.07) is 7.69. The van der Waals surface area contributed by atoms with Crippen LogP contribution in [0.1, 0.15) is 32.3 Å². The smallest absolute Gasteiger partial charge is 0.119 e. The van der Waals surface area contributed by atoms with E-state index in [1.54, 1.807) is 0 Å². The van der Waals surface area contributed by atoms with Crippen molar-refractivity contribution in [2.75, 3.05) is 20.2 Å². The van der Waals surface area contributed by atoms with Crippen LogP contribution in [0.5, 0.6) is 5.75 Å². The molecule has 1 aromatic rings. The molecule has 0 fully saturated rings. The molecule has 1 rings (SSSR count). The van der Waals surface area contributed by atoms with Gasteiger partial charge < -0.3 is 15.2 Å². The van der Waals surface area contributed by atoms with Crippen LogP contribution in [0.3, 0.4) is 0 Å². The van der Waals surface area contributed by atoms with Gasteiger partial charge in [0.25, 0.3) is 0 Å². The highest BCUT2D eigenvalue weighted by Crippen LogP contribution is 2.25. The number of ether oxygens (including phenoxy) is 1. The Morgan fingerprint density at radius 2 is 1.94 bits per heavy atom. The summed E-state index contributed by atoms with van der Waals surface area (Å²) >= 11 is 0. The minimum absolute atomic E-state index is 0.693. The summed E-state index contributed by atoms with van der Waals surface area (Å²) in [5, 5.41) is 13.4. The quantitative estimate of drug-likeness (QED) is 0.764. The lowest BCUT2D eigenvalue weighted by molar-refractivity contribution is 0.0485. The molecule has 3 heteroatoms. The molecule has 0 aromatic heterocycles. The standard InChI is InChI=1S/C14H23NO2/c1-4-11-17-13-7-5-12(6-8-13)14(2,16)9-10-15-3/h5-8,15-16H,4,9-11H2,1-3H3. The Bertz CT molecular complexity index is 319. The zero-order valence-corrected chi connectivity index (χ0v) is 11.0. The Morgan fingerprint density at radius 3 is 2.47 bits per heavy atom. The molecule has 1 unspecified atom stereocenters. The summed E-state index contributed by atoms with van der Waals surface area (Å²) in [5.41, 5.74) is 0.142. The second-order valence-corrected chi connectivity index (χ2v) is 4.50. The first-order valence-electron chi connectivity index (χ1n) is 6.20. The number of hydrogen-bond donors (Lipinski definition) is 2. The molecule has 0 aliphatic heterocycles. The first kappa shape index (κ1) is 14.0. The van der Waals surface area contributed by atoms with Crippen LogP contribution < -0.4 is 10.1 Å². The number of rotatable bonds is 7. The Balaban J connectivity index is 2.65. The van der Waals surface area contributed by atoms with Gasteiger partial charge in [0.1, 0.15) is 5.75 Å². The molecule has 0 amide bonds. The van der Waals surface area contributed by atoms with Gasteiger partial charge in [0.15, 0.2) is 0 Å². The molecular formula is C14H23NO2. The van der Waals surface area contributed by atoms with Crippen LogP contribution in [0.2, 0.25) is 0 Å². The third-order valence-electron chi connectivity index (χ3n) is 2.81. The molecule has 2 N–H and O–H groups in total. The highest BCUT2D eigenvalue weighted by molar-refractivity contribution is 5.30. The van der Waals surface area contributed by atoms with Crippen molar-refractivity contribution in [3.63, 3.8) is 0 Å². The van der Waals surface area contributed by atoms with Crippen LogP contribution >= 0.6 is 0 Å². The average molecular weight is 237 g/mol. The van der Waals surface area contributed by atoms with E-state index in [9.17, 15) is 5.11 Å². The summed E-state index contributed by atoms with van der Waals surface area (Å²) in [6.45, 7) is 5.44. The average Bonchev–Trinajstić information content (AvgIpc) is 2.34. The van der Waals surface area contributed by atoms with Crippen molar-refractivity contribution in [1.82, 2.24) is 5.32 Å². The van der Waals surface area contributed by atoms with E-state index in [0.717, 1.165) is 30.9 Å². The van der Waals surface area contributed by atoms with E-state index in [0.29, 0.717) is 6.42 Å². The molecule has 0 aliphatic rings. The lowest BCUT2D eigenvalue weighted by atomic mass is 9.92. The highest BCUT2D eigenvalue weighted by Gasteiger charge is 2.21. The van der Waals surface area contributed by atoms with Crippen molar-refractivity contribution in [1.29, 1.82) is 0 Å². The van der Waals surface area contributed by atoms with Crippen LogP contribution in [0.4, 0.5) is 0 Å². The molecule has 1 atom stereocenters. The maximum atomic E-state index is 10.3. The number of aliphatic hydroxyl groups is 1. The monoisotopic (exact) mass is 237 g/mol. The van der Waals surface area contributed by atoms with Gasteiger partial charge in [-0.25, -0.2) is 0 Å². The van der Waals surface area contributed by atoms with Crippen LogP contribution in [0.15, 0.2) is 24.3 Å². The zero-order chi connectivity index (χ0) is 12.7. The van der Waals surface area contributed by atoms with Crippen LogP contribution in [-0.2, 0) is 5.60 Å². The van der Waals surface area contributed by atoms with Crippen molar-refractivity contribution in [3.8, 4) is 5.75 Å². The number of hydrogen-bond acceptors (Lipinski definition) is 3. The Hall–Kier alpha value is -1.06. The molecule has 0 saturated heterocycles. The Morgan fingerprint density at radius 1 is 1.29 bits per heavy atom. The SMILES string of the molecule is CCCOc1ccc(C(C)(O)CCNC)cc1. The normalized spacial score (nSPS) is 14.4. The minimum Gasteiger partial charge on any atom is -0.494 e. The van der Waals surface area contributed by atoms with Gasteiger partial charge in [0.05, 0.1) is 12.2 Å². The predicted molar refractivity (Wildman–Crippen MR) is 70.3 cm³/mol. The topological polar surface area (TPSA) is 41.5 Å². The lowest BCUT2D eigenvalue weighted by Crippen LogP contribution is -2.26. The first-order valence-corrected chi connectivity index (χ1v) is 6.20. The van der Waals surface area contributed by atoms with Crippen molar-refractivity contribution in [2.24, 2.45) is 0 Å². The van der Waals surface area contributed by atoms with Crippen LogP contribution in [0, 0.1) is 0 Å². The second-order valence-electron chi connectivity index (χ2n) is 4.50. The third kappa shape index (κ3) is 4.36. The molecule has 0 radical (unpaired) electrons. The van der Waals surface area contributed by atoms with E-state index in [1.807, 2.05) is 38.2 Å². The molecule has 1 aromatic carbocycles. The molecule has 0 aliphatic carbocycles. The van der Waals surface area contributed by atoms with E-state index < -0.39 is 5.60 Å². The summed E-state index contributed by atoms with van der Waals surface area (Å²) in [6.07, 6.45) is 1.69. The lowest BCUT2D eigenvalue weighted by Gasteiger charge is -2.24. The Labute approximate surface area is 104 Å². The highest BCUT2D eigenvalue weighted by atomic mass is 16.5. The maximum absolute atomic E-state index is 10.3. The van der Waals surface area contributed by atoms with E-state index in [2.05, 4.69) is 12.2 Å². The van der Waals surface area contributed by atoms with Crippen LogP contribution in [0.25, 0.3) is 0 Å². The van der Waals surface area contributed by atoms with E-state index in [4.69, 9.17) is 4.74 Å². The summed E-state index contributed by atoms with van der Waals surface area (Å²) in [4.78, 5) is 0. The van der Waals surface area contributed by atoms with E-state index in [1.165, 1.54) is 0 Å². The minimum atomic E-state index is -0.785. The fourth-order valence-corrected chi connectivity index (χ4v) is 1.64. The Kier molecular flexibility index (Phi) is 5.45. The molecule has 96 valence electrons. The number of nitrogens with one attached hydrogen (secondary N) is 1. The fourth-order valence-electron chi connectivity index (χ4n) is 1.64. The fraction of sp³-hybridized carbons (Fsp3) is 0.571. The largest absolute Gasteiger partial charge is 0.494 e. The van der Waals surface area contributed by atoms with Crippen LogP contribution in [-0.4, -0.2) is 25.3 Å². The zero-order valence-electron chi connectivity index (χ0n) is 11.0. The second kappa shape index (κ2) is 6.62. The van der Waals surface area contributed by atoms with Crippen molar-refractivity contribution in [2.45, 2.75) is 32.3 Å². The van der Waals surface area contributed by atoms with Gasteiger partial charge in [0.2, 0.25) is 0 Å². The summed E-state index contributed by atoms with van der Waals surface area (Å²) < 4.78 is 5.51. The van der Waals surface area contributed by atoms with Crippen molar-refractivity contribution in [3.05, 3.63) is 29.8 Å². The summed E-state index contributed by atoms with van der Waals surface area (Å²) in [7, 11) is 1.89. The molecule has 17 heavy (non-hydrogen) atoms. The van der Waals surface area contributed by atoms with Gasteiger partial charge in [-0.15, -0.1) is 0 Å². The van der Waals surface area contributed by atoms with E-state index >= 15 is 0 Å². The molecular weight excluding hydrogens is 214 g/mol. The molecule has 0 saturated carbocycles. The predicted octanol–water partition coefficient (Wildman–Crippen LogP) is 2.29. The van der Waals surface area contributed by atoms with Gasteiger partial charge in [-0.2, -0.15) is 0 Å². The van der Waals surface area contributed by atoms with E-state index in [-0.39, 0.29) is 0 Å². The summed E-state index contributed by atoms with van der Waals surface area (Å²) in [5.74, 6) is 0.861. The third-order valence-corrected chi connectivity index (χ3v) is 2.81. The van der Waals surface area contributed by atoms with Gasteiger partial charge >= 0.3 is 0 Å². The van der Waals surface area contributed by atoms with Gasteiger partial charge in [-0.05, 0) is 51.1 Å². The van der Waals surface area contributed by atoms with Gasteiger partial charge in [0, 0.05) is 0 Å². The maximum Gasteiger partial charge on any atom is 0.119 e. The molecule has 0 bridgehead atoms. The van der Waals surface area contributed by atoms with Crippen molar-refractivity contribution >= 4 is 0 Å². The van der Waals surface area contributed by atoms with Crippen molar-refractivity contribution < 1.29 is 9.84 Å². The molecule has 3 nitrogen and oxygen atoms in total. The molecule has 0 heterocycles. The van der Waals surface area contributed by atoms with Gasteiger partial charge in [-0.1, -0.05) is 19.1 Å². The first-order chi connectivity index (χ1) is 8.10. The van der Waals surface area contributed by atoms with Gasteiger partial charge in [-0.3, -0.25) is 0 Å².